The van der Waals surface area contributed by atoms with E-state index in [1.54, 1.807) is 14.1 Å². The van der Waals surface area contributed by atoms with Crippen LogP contribution < -0.4 is 10.6 Å². The summed E-state index contributed by atoms with van der Waals surface area (Å²) in [5.74, 6) is 2.26. The highest BCUT2D eigenvalue weighted by Gasteiger charge is 2.05. The molecule has 0 aliphatic rings. The molecule has 0 amide bonds. The monoisotopic (exact) mass is 196 g/mol. The van der Waals surface area contributed by atoms with Gasteiger partial charge in [-0.1, -0.05) is 0 Å². The van der Waals surface area contributed by atoms with Gasteiger partial charge in [0, 0.05) is 14.1 Å². The number of aromatic nitrogens is 1. The Morgan fingerprint density at radius 1 is 1.50 bits per heavy atom. The van der Waals surface area contributed by atoms with Gasteiger partial charge in [-0.2, -0.15) is 0 Å². The molecule has 1 aromatic heterocycles. The molecule has 5 nitrogen and oxygen atoms in total. The van der Waals surface area contributed by atoms with Crippen molar-refractivity contribution in [1.82, 2.24) is 15.6 Å². The number of rotatable bonds is 2. The topological polar surface area (TPSA) is 62.5 Å². The number of aryl methyl sites for hydroxylation is 2. The molecule has 1 rings (SSSR count). The maximum absolute atomic E-state index is 5.40. The van der Waals surface area contributed by atoms with Gasteiger partial charge in [-0.15, -0.1) is 0 Å². The number of nitrogens with one attached hydrogen (secondary N) is 2. The van der Waals surface area contributed by atoms with Crippen LogP contribution in [0.3, 0.4) is 0 Å². The smallest absolute Gasteiger partial charge is 0.214 e. The Hall–Kier alpha value is -1.52. The third-order valence-electron chi connectivity index (χ3n) is 1.94. The van der Waals surface area contributed by atoms with Gasteiger partial charge in [0.2, 0.25) is 5.89 Å². The predicted octanol–water partition coefficient (Wildman–Crippen LogP) is 0.586. The van der Waals surface area contributed by atoms with E-state index in [1.807, 2.05) is 13.8 Å². The Labute approximate surface area is 83.6 Å². The van der Waals surface area contributed by atoms with Crippen molar-refractivity contribution in [3.8, 4) is 0 Å². The van der Waals surface area contributed by atoms with Gasteiger partial charge in [-0.25, -0.2) is 4.98 Å². The van der Waals surface area contributed by atoms with Crippen LogP contribution in [0.4, 0.5) is 0 Å². The van der Waals surface area contributed by atoms with Crippen LogP contribution in [0.2, 0.25) is 0 Å². The Morgan fingerprint density at radius 3 is 2.64 bits per heavy atom. The Kier molecular flexibility index (Phi) is 3.50. The van der Waals surface area contributed by atoms with Gasteiger partial charge >= 0.3 is 0 Å². The van der Waals surface area contributed by atoms with Gasteiger partial charge < -0.3 is 15.1 Å². The quantitative estimate of drug-likeness (QED) is 0.536. The summed E-state index contributed by atoms with van der Waals surface area (Å²) >= 11 is 0. The normalized spacial score (nSPS) is 11.6. The summed E-state index contributed by atoms with van der Waals surface area (Å²) < 4.78 is 5.40. The van der Waals surface area contributed by atoms with Crippen molar-refractivity contribution in [1.29, 1.82) is 0 Å². The molecule has 78 valence electrons. The van der Waals surface area contributed by atoms with Crippen LogP contribution >= 0.6 is 0 Å². The molecule has 0 fully saturated rings. The first-order valence-electron chi connectivity index (χ1n) is 4.48. The van der Waals surface area contributed by atoms with Crippen LogP contribution in [0.1, 0.15) is 17.3 Å². The lowest BCUT2D eigenvalue weighted by Gasteiger charge is -2.05. The third kappa shape index (κ3) is 2.48. The van der Waals surface area contributed by atoms with Gasteiger partial charge in [0.1, 0.15) is 5.76 Å². The molecular weight excluding hydrogens is 180 g/mol. The SMILES string of the molecule is CN=C(NC)NCc1nc(C)c(C)o1. The van der Waals surface area contributed by atoms with E-state index in [9.17, 15) is 0 Å². The van der Waals surface area contributed by atoms with Crippen LogP contribution in [0.5, 0.6) is 0 Å². The molecule has 0 bridgehead atoms. The lowest BCUT2D eigenvalue weighted by Crippen LogP contribution is -2.34. The Bertz CT molecular complexity index is 310. The lowest BCUT2D eigenvalue weighted by atomic mass is 10.4. The zero-order valence-corrected chi connectivity index (χ0v) is 9.01. The maximum atomic E-state index is 5.40. The van der Waals surface area contributed by atoms with Gasteiger partial charge in [0.25, 0.3) is 0 Å². The minimum absolute atomic E-state index is 0.544. The first-order chi connectivity index (χ1) is 6.67. The van der Waals surface area contributed by atoms with Gasteiger partial charge in [0.05, 0.1) is 12.2 Å². The molecule has 0 unspecified atom stereocenters. The zero-order valence-electron chi connectivity index (χ0n) is 9.01. The molecule has 5 heteroatoms. The summed E-state index contributed by atoms with van der Waals surface area (Å²) in [6, 6.07) is 0. The number of hydrogen-bond donors (Lipinski definition) is 2. The van der Waals surface area contributed by atoms with Gasteiger partial charge in [-0.3, -0.25) is 4.99 Å². The molecule has 1 heterocycles. The summed E-state index contributed by atoms with van der Waals surface area (Å²) in [7, 11) is 3.52. The van der Waals surface area contributed by atoms with E-state index in [1.165, 1.54) is 0 Å². The molecule has 0 aliphatic carbocycles. The second-order valence-corrected chi connectivity index (χ2v) is 2.92. The fourth-order valence-corrected chi connectivity index (χ4v) is 1.05. The summed E-state index contributed by atoms with van der Waals surface area (Å²) in [5.41, 5.74) is 0.932. The van der Waals surface area contributed by atoms with Crippen molar-refractivity contribution in [3.05, 3.63) is 17.3 Å². The molecule has 2 N–H and O–H groups in total. The number of hydrogen-bond acceptors (Lipinski definition) is 3. The highest BCUT2D eigenvalue weighted by molar-refractivity contribution is 5.79. The molecule has 0 saturated carbocycles. The Balaban J connectivity index is 2.53. The molecule has 0 aromatic carbocycles. The average Bonchev–Trinajstić information content (AvgIpc) is 2.48. The largest absolute Gasteiger partial charge is 0.444 e. The van der Waals surface area contributed by atoms with Crippen molar-refractivity contribution < 1.29 is 4.42 Å². The molecule has 14 heavy (non-hydrogen) atoms. The van der Waals surface area contributed by atoms with E-state index in [-0.39, 0.29) is 0 Å². The number of oxazole rings is 1. The molecule has 0 aliphatic heterocycles. The van der Waals surface area contributed by atoms with Crippen molar-refractivity contribution in [2.45, 2.75) is 20.4 Å². The molecular formula is C9H16N4O. The van der Waals surface area contributed by atoms with Crippen LogP contribution in [0.25, 0.3) is 0 Å². The van der Waals surface area contributed by atoms with E-state index < -0.39 is 0 Å². The summed E-state index contributed by atoms with van der Waals surface area (Å²) in [5, 5.41) is 5.97. The standard InChI is InChI=1S/C9H16N4O/c1-6-7(2)14-8(13-6)5-12-9(10-3)11-4/h5H2,1-4H3,(H2,10,11,12). The van der Waals surface area contributed by atoms with Gasteiger partial charge in [0.15, 0.2) is 5.96 Å². The molecule has 0 spiro atoms. The van der Waals surface area contributed by atoms with E-state index >= 15 is 0 Å². The van der Waals surface area contributed by atoms with Crippen molar-refractivity contribution in [3.63, 3.8) is 0 Å². The average molecular weight is 196 g/mol. The minimum Gasteiger partial charge on any atom is -0.444 e. The predicted molar refractivity (Wildman–Crippen MR) is 55.2 cm³/mol. The third-order valence-corrected chi connectivity index (χ3v) is 1.94. The molecule has 0 saturated heterocycles. The molecule has 0 radical (unpaired) electrons. The lowest BCUT2D eigenvalue weighted by molar-refractivity contribution is 0.464. The maximum Gasteiger partial charge on any atom is 0.214 e. The van der Waals surface area contributed by atoms with Crippen molar-refractivity contribution in [2.24, 2.45) is 4.99 Å². The zero-order chi connectivity index (χ0) is 10.6. The second-order valence-electron chi connectivity index (χ2n) is 2.92. The van der Waals surface area contributed by atoms with Crippen LogP contribution in [0, 0.1) is 13.8 Å². The Morgan fingerprint density at radius 2 is 2.21 bits per heavy atom. The second kappa shape index (κ2) is 4.64. The molecule has 0 atom stereocenters. The first-order valence-corrected chi connectivity index (χ1v) is 4.48. The number of aliphatic imine (C=N–C) groups is 1. The van der Waals surface area contributed by atoms with Crippen LogP contribution in [0.15, 0.2) is 9.41 Å². The highest BCUT2D eigenvalue weighted by atomic mass is 16.4. The minimum atomic E-state index is 0.544. The van der Waals surface area contributed by atoms with Crippen molar-refractivity contribution in [2.75, 3.05) is 14.1 Å². The highest BCUT2D eigenvalue weighted by Crippen LogP contribution is 2.07. The number of nitrogens with zero attached hydrogens (tertiary/aromatic N) is 2. The number of guanidine groups is 1. The summed E-state index contributed by atoms with van der Waals surface area (Å²) in [4.78, 5) is 8.21. The van der Waals surface area contributed by atoms with Crippen molar-refractivity contribution >= 4 is 5.96 Å². The van der Waals surface area contributed by atoms with E-state index in [4.69, 9.17) is 4.42 Å². The van der Waals surface area contributed by atoms with Crippen LogP contribution in [-0.4, -0.2) is 25.0 Å². The fourth-order valence-electron chi connectivity index (χ4n) is 1.05. The summed E-state index contributed by atoms with van der Waals surface area (Å²) in [6.07, 6.45) is 0. The van der Waals surface area contributed by atoms with E-state index in [0.29, 0.717) is 12.4 Å². The van der Waals surface area contributed by atoms with E-state index in [2.05, 4.69) is 20.6 Å². The fraction of sp³-hybridized carbons (Fsp3) is 0.556. The van der Waals surface area contributed by atoms with E-state index in [0.717, 1.165) is 17.4 Å². The molecule has 1 aromatic rings. The van der Waals surface area contributed by atoms with Crippen LogP contribution in [-0.2, 0) is 6.54 Å². The van der Waals surface area contributed by atoms with Gasteiger partial charge in [-0.05, 0) is 13.8 Å². The first kappa shape index (κ1) is 10.6. The summed E-state index contributed by atoms with van der Waals surface area (Å²) in [6.45, 7) is 4.37.